The van der Waals surface area contributed by atoms with E-state index in [-0.39, 0.29) is 5.56 Å². The number of rotatable bonds is 5. The van der Waals surface area contributed by atoms with Crippen molar-refractivity contribution in [1.29, 1.82) is 0 Å². The normalized spacial score (nSPS) is 13.1. The van der Waals surface area contributed by atoms with Gasteiger partial charge in [-0.1, -0.05) is 6.92 Å². The Bertz CT molecular complexity index is 321. The minimum Gasteiger partial charge on any atom is -0.305 e. The molecule has 1 rings (SSSR count). The van der Waals surface area contributed by atoms with Crippen LogP contribution >= 0.6 is 0 Å². The van der Waals surface area contributed by atoms with E-state index in [4.69, 9.17) is 0 Å². The van der Waals surface area contributed by atoms with Gasteiger partial charge >= 0.3 is 0 Å². The summed E-state index contributed by atoms with van der Waals surface area (Å²) in [6.45, 7) is 2.19. The van der Waals surface area contributed by atoms with E-state index in [0.29, 0.717) is 19.0 Å². The van der Waals surface area contributed by atoms with Gasteiger partial charge in [0.2, 0.25) is 0 Å². The molecule has 0 bridgehead atoms. The molecule has 1 atom stereocenters. The van der Waals surface area contributed by atoms with Crippen molar-refractivity contribution < 1.29 is 17.6 Å². The number of benzene rings is 1. The van der Waals surface area contributed by atoms with Crippen molar-refractivity contribution in [3.05, 3.63) is 35.4 Å². The summed E-state index contributed by atoms with van der Waals surface area (Å²) in [5.74, 6) is -1.70. The molecular weight excluding hydrogens is 222 g/mol. The van der Waals surface area contributed by atoms with Gasteiger partial charge in [-0.2, -0.15) is 0 Å². The second kappa shape index (κ2) is 5.84. The fourth-order valence-electron chi connectivity index (χ4n) is 1.41. The molecule has 0 heterocycles. The molecule has 5 heteroatoms. The Morgan fingerprint density at radius 3 is 2.12 bits per heavy atom. The molecule has 1 nitrogen and oxygen atoms in total. The zero-order valence-corrected chi connectivity index (χ0v) is 8.81. The van der Waals surface area contributed by atoms with E-state index >= 15 is 0 Å². The molecule has 1 N–H and O–H groups in total. The molecule has 90 valence electrons. The van der Waals surface area contributed by atoms with Crippen molar-refractivity contribution in [3.63, 3.8) is 0 Å². The van der Waals surface area contributed by atoms with Crippen molar-refractivity contribution in [1.82, 2.24) is 5.32 Å². The standard InChI is InChI=1S/C11H13F4N/c1-2-3-16-10(11(14)15)7-4-8(12)6-9(13)5-7/h4-6,10-11,16H,2-3H2,1H3. The molecule has 0 aliphatic rings. The number of nitrogens with one attached hydrogen (secondary N) is 1. The summed E-state index contributed by atoms with van der Waals surface area (Å²) in [6, 6.07) is 1.17. The molecule has 0 aliphatic heterocycles. The third-order valence-corrected chi connectivity index (χ3v) is 2.11. The summed E-state index contributed by atoms with van der Waals surface area (Å²) in [5.41, 5.74) is -0.0686. The largest absolute Gasteiger partial charge is 0.305 e. The Balaban J connectivity index is 2.91. The fourth-order valence-corrected chi connectivity index (χ4v) is 1.41. The first-order chi connectivity index (χ1) is 7.54. The summed E-state index contributed by atoms with van der Waals surface area (Å²) in [6.07, 6.45) is -2.03. The van der Waals surface area contributed by atoms with Crippen LogP contribution in [0.4, 0.5) is 17.6 Å². The van der Waals surface area contributed by atoms with E-state index in [1.54, 1.807) is 0 Å². The first kappa shape index (κ1) is 13.0. The smallest absolute Gasteiger partial charge is 0.257 e. The minimum absolute atomic E-state index is 0.0686. The van der Waals surface area contributed by atoms with Crippen LogP contribution < -0.4 is 5.32 Å². The molecule has 0 radical (unpaired) electrons. The van der Waals surface area contributed by atoms with Gasteiger partial charge < -0.3 is 5.32 Å². The maximum Gasteiger partial charge on any atom is 0.257 e. The third-order valence-electron chi connectivity index (χ3n) is 2.11. The SMILES string of the molecule is CCCNC(c1cc(F)cc(F)c1)C(F)F. The Morgan fingerprint density at radius 2 is 1.69 bits per heavy atom. The predicted octanol–water partition coefficient (Wildman–Crippen LogP) is 3.27. The maximum atomic E-state index is 12.9. The lowest BCUT2D eigenvalue weighted by Crippen LogP contribution is -2.28. The molecule has 0 saturated heterocycles. The van der Waals surface area contributed by atoms with E-state index < -0.39 is 24.1 Å². The first-order valence-electron chi connectivity index (χ1n) is 5.02. The van der Waals surface area contributed by atoms with Gasteiger partial charge in [-0.25, -0.2) is 17.6 Å². The van der Waals surface area contributed by atoms with Crippen LogP contribution in [0.15, 0.2) is 18.2 Å². The minimum atomic E-state index is -2.70. The maximum absolute atomic E-state index is 12.9. The zero-order valence-electron chi connectivity index (χ0n) is 8.81. The van der Waals surface area contributed by atoms with Gasteiger partial charge in [0.1, 0.15) is 11.6 Å². The molecular formula is C11H13F4N. The Kier molecular flexibility index (Phi) is 4.73. The molecule has 0 amide bonds. The highest BCUT2D eigenvalue weighted by Crippen LogP contribution is 2.22. The van der Waals surface area contributed by atoms with Gasteiger partial charge in [0.25, 0.3) is 6.43 Å². The van der Waals surface area contributed by atoms with E-state index in [0.717, 1.165) is 12.1 Å². The first-order valence-corrected chi connectivity index (χ1v) is 5.02. The van der Waals surface area contributed by atoms with Crippen LogP contribution in [-0.4, -0.2) is 13.0 Å². The van der Waals surface area contributed by atoms with Crippen LogP contribution in [0.25, 0.3) is 0 Å². The number of halogens is 4. The number of hydrogen-bond donors (Lipinski definition) is 1. The predicted molar refractivity (Wildman–Crippen MR) is 53.4 cm³/mol. The van der Waals surface area contributed by atoms with E-state index in [2.05, 4.69) is 5.32 Å². The Labute approximate surface area is 91.5 Å². The van der Waals surface area contributed by atoms with Crippen LogP contribution in [0.3, 0.4) is 0 Å². The summed E-state index contributed by atoms with van der Waals surface area (Å²) in [7, 11) is 0. The van der Waals surface area contributed by atoms with Crippen molar-refractivity contribution in [2.24, 2.45) is 0 Å². The quantitative estimate of drug-likeness (QED) is 0.772. The molecule has 0 fully saturated rings. The molecule has 1 aromatic carbocycles. The van der Waals surface area contributed by atoms with E-state index in [1.165, 1.54) is 0 Å². The Hall–Kier alpha value is -1.10. The molecule has 1 aromatic rings. The van der Waals surface area contributed by atoms with Crippen molar-refractivity contribution in [2.75, 3.05) is 6.54 Å². The van der Waals surface area contributed by atoms with Gasteiger partial charge in [-0.05, 0) is 30.7 Å². The van der Waals surface area contributed by atoms with Gasteiger partial charge in [-0.15, -0.1) is 0 Å². The highest BCUT2D eigenvalue weighted by Gasteiger charge is 2.22. The van der Waals surface area contributed by atoms with Crippen LogP contribution in [0.1, 0.15) is 24.9 Å². The molecule has 0 aliphatic carbocycles. The average molecular weight is 235 g/mol. The van der Waals surface area contributed by atoms with Crippen molar-refractivity contribution in [3.8, 4) is 0 Å². The summed E-state index contributed by atoms with van der Waals surface area (Å²) in [5, 5.41) is 2.56. The monoisotopic (exact) mass is 235 g/mol. The van der Waals surface area contributed by atoms with Crippen LogP contribution in [-0.2, 0) is 0 Å². The number of alkyl halides is 2. The second-order valence-electron chi connectivity index (χ2n) is 3.47. The highest BCUT2D eigenvalue weighted by atomic mass is 19.3. The van der Waals surface area contributed by atoms with Gasteiger partial charge in [0.15, 0.2) is 0 Å². The van der Waals surface area contributed by atoms with Crippen LogP contribution in [0, 0.1) is 11.6 Å². The van der Waals surface area contributed by atoms with Crippen LogP contribution in [0.2, 0.25) is 0 Å². The fraction of sp³-hybridized carbons (Fsp3) is 0.455. The summed E-state index contributed by atoms with van der Waals surface area (Å²) >= 11 is 0. The lowest BCUT2D eigenvalue weighted by atomic mass is 10.1. The highest BCUT2D eigenvalue weighted by molar-refractivity contribution is 5.22. The number of hydrogen-bond acceptors (Lipinski definition) is 1. The van der Waals surface area contributed by atoms with Crippen molar-refractivity contribution in [2.45, 2.75) is 25.8 Å². The second-order valence-corrected chi connectivity index (χ2v) is 3.47. The molecule has 16 heavy (non-hydrogen) atoms. The molecule has 0 saturated carbocycles. The van der Waals surface area contributed by atoms with Gasteiger partial charge in [0.05, 0.1) is 6.04 Å². The van der Waals surface area contributed by atoms with Gasteiger partial charge in [-0.3, -0.25) is 0 Å². The Morgan fingerprint density at radius 1 is 1.12 bits per heavy atom. The lowest BCUT2D eigenvalue weighted by molar-refractivity contribution is 0.0982. The van der Waals surface area contributed by atoms with Crippen molar-refractivity contribution >= 4 is 0 Å². The van der Waals surface area contributed by atoms with Gasteiger partial charge in [0, 0.05) is 6.07 Å². The molecule has 0 spiro atoms. The van der Waals surface area contributed by atoms with Crippen LogP contribution in [0.5, 0.6) is 0 Å². The third kappa shape index (κ3) is 3.48. The van der Waals surface area contributed by atoms with E-state index in [9.17, 15) is 17.6 Å². The topological polar surface area (TPSA) is 12.0 Å². The summed E-state index contributed by atoms with van der Waals surface area (Å²) < 4.78 is 51.1. The molecule has 0 aromatic heterocycles. The average Bonchev–Trinajstić information content (AvgIpc) is 2.16. The van der Waals surface area contributed by atoms with E-state index in [1.807, 2.05) is 6.92 Å². The lowest BCUT2D eigenvalue weighted by Gasteiger charge is -2.18. The zero-order chi connectivity index (χ0) is 12.1. The molecule has 1 unspecified atom stereocenters. The summed E-state index contributed by atoms with van der Waals surface area (Å²) in [4.78, 5) is 0.